The van der Waals surface area contributed by atoms with Crippen LogP contribution in [-0.4, -0.2) is 17.0 Å². The summed E-state index contributed by atoms with van der Waals surface area (Å²) in [4.78, 5) is 10.7. The van der Waals surface area contributed by atoms with Gasteiger partial charge in [-0.15, -0.1) is 11.6 Å². The molecule has 3 nitrogen and oxygen atoms in total. The standard InChI is InChI=1S/C14H16ClN3/c1-11-5-3-4-6-12(11)10-18(2)14-9-16-13(7-15)8-17-14/h3-6,8-9H,7,10H2,1-2H3. The fourth-order valence-corrected chi connectivity index (χ4v) is 1.88. The molecule has 0 N–H and O–H groups in total. The Morgan fingerprint density at radius 1 is 1.17 bits per heavy atom. The van der Waals surface area contributed by atoms with E-state index in [1.54, 1.807) is 12.4 Å². The van der Waals surface area contributed by atoms with Gasteiger partial charge in [0, 0.05) is 13.6 Å². The van der Waals surface area contributed by atoms with E-state index in [0.29, 0.717) is 5.88 Å². The number of hydrogen-bond acceptors (Lipinski definition) is 3. The van der Waals surface area contributed by atoms with Crippen LogP contribution in [0.1, 0.15) is 16.8 Å². The quantitative estimate of drug-likeness (QED) is 0.792. The maximum atomic E-state index is 5.69. The first-order chi connectivity index (χ1) is 8.70. The van der Waals surface area contributed by atoms with E-state index in [1.165, 1.54) is 11.1 Å². The smallest absolute Gasteiger partial charge is 0.147 e. The Hall–Kier alpha value is -1.61. The number of halogens is 1. The zero-order valence-corrected chi connectivity index (χ0v) is 11.4. The molecule has 0 unspecified atom stereocenters. The Labute approximate surface area is 112 Å². The molecule has 0 aliphatic rings. The maximum absolute atomic E-state index is 5.69. The molecule has 0 aliphatic heterocycles. The molecular formula is C14H16ClN3. The van der Waals surface area contributed by atoms with Crippen LogP contribution in [0.25, 0.3) is 0 Å². The van der Waals surface area contributed by atoms with Crippen LogP contribution < -0.4 is 4.90 Å². The SMILES string of the molecule is Cc1ccccc1CN(C)c1cnc(CCl)cn1. The molecule has 94 valence electrons. The summed E-state index contributed by atoms with van der Waals surface area (Å²) in [5, 5.41) is 0. The number of rotatable bonds is 4. The summed E-state index contributed by atoms with van der Waals surface area (Å²) in [6.07, 6.45) is 3.48. The Balaban J connectivity index is 2.11. The van der Waals surface area contributed by atoms with Gasteiger partial charge in [-0.05, 0) is 18.1 Å². The highest BCUT2D eigenvalue weighted by Gasteiger charge is 2.05. The number of aromatic nitrogens is 2. The fourth-order valence-electron chi connectivity index (χ4n) is 1.74. The molecule has 0 atom stereocenters. The minimum absolute atomic E-state index is 0.398. The lowest BCUT2D eigenvalue weighted by molar-refractivity contribution is 0.878. The molecule has 0 saturated carbocycles. The third-order valence-corrected chi connectivity index (χ3v) is 3.16. The lowest BCUT2D eigenvalue weighted by Gasteiger charge is -2.19. The van der Waals surface area contributed by atoms with Crippen molar-refractivity contribution in [2.24, 2.45) is 0 Å². The molecular weight excluding hydrogens is 246 g/mol. The molecule has 4 heteroatoms. The van der Waals surface area contributed by atoms with Gasteiger partial charge in [0.25, 0.3) is 0 Å². The van der Waals surface area contributed by atoms with Crippen molar-refractivity contribution in [1.82, 2.24) is 9.97 Å². The van der Waals surface area contributed by atoms with E-state index in [0.717, 1.165) is 18.1 Å². The molecule has 1 aromatic carbocycles. The summed E-state index contributed by atoms with van der Waals surface area (Å²) in [5.41, 5.74) is 3.38. The van der Waals surface area contributed by atoms with Crippen LogP contribution in [0.2, 0.25) is 0 Å². The zero-order valence-electron chi connectivity index (χ0n) is 10.6. The van der Waals surface area contributed by atoms with Crippen molar-refractivity contribution >= 4 is 17.4 Å². The molecule has 1 heterocycles. The minimum atomic E-state index is 0.398. The molecule has 1 aromatic heterocycles. The van der Waals surface area contributed by atoms with E-state index >= 15 is 0 Å². The molecule has 18 heavy (non-hydrogen) atoms. The fraction of sp³-hybridized carbons (Fsp3) is 0.286. The van der Waals surface area contributed by atoms with Crippen molar-refractivity contribution in [1.29, 1.82) is 0 Å². The summed E-state index contributed by atoms with van der Waals surface area (Å²) < 4.78 is 0. The Morgan fingerprint density at radius 2 is 1.94 bits per heavy atom. The normalized spacial score (nSPS) is 10.4. The highest BCUT2D eigenvalue weighted by atomic mass is 35.5. The molecule has 2 aromatic rings. The Morgan fingerprint density at radius 3 is 2.56 bits per heavy atom. The number of hydrogen-bond donors (Lipinski definition) is 0. The minimum Gasteiger partial charge on any atom is -0.354 e. The monoisotopic (exact) mass is 261 g/mol. The van der Waals surface area contributed by atoms with Gasteiger partial charge in [0.15, 0.2) is 0 Å². The first kappa shape index (κ1) is 12.8. The second-order valence-electron chi connectivity index (χ2n) is 4.28. The summed E-state index contributed by atoms with van der Waals surface area (Å²) in [5.74, 6) is 1.25. The second kappa shape index (κ2) is 5.83. The number of anilines is 1. The number of nitrogens with zero attached hydrogens (tertiary/aromatic N) is 3. The topological polar surface area (TPSA) is 29.0 Å². The molecule has 2 rings (SSSR count). The van der Waals surface area contributed by atoms with Crippen LogP contribution in [0, 0.1) is 6.92 Å². The molecule has 0 bridgehead atoms. The van der Waals surface area contributed by atoms with Gasteiger partial charge in [0.2, 0.25) is 0 Å². The van der Waals surface area contributed by atoms with Gasteiger partial charge < -0.3 is 4.90 Å². The van der Waals surface area contributed by atoms with Gasteiger partial charge in [-0.3, -0.25) is 4.98 Å². The molecule has 0 amide bonds. The molecule has 0 radical (unpaired) electrons. The summed E-state index contributed by atoms with van der Waals surface area (Å²) in [6, 6.07) is 8.35. The van der Waals surface area contributed by atoms with Crippen LogP contribution in [0.3, 0.4) is 0 Å². The average molecular weight is 262 g/mol. The van der Waals surface area contributed by atoms with E-state index in [1.807, 2.05) is 13.1 Å². The van der Waals surface area contributed by atoms with Gasteiger partial charge in [-0.2, -0.15) is 0 Å². The first-order valence-electron chi connectivity index (χ1n) is 5.83. The lowest BCUT2D eigenvalue weighted by atomic mass is 10.1. The molecule has 0 spiro atoms. The summed E-state index contributed by atoms with van der Waals surface area (Å²) in [7, 11) is 2.01. The Bertz CT molecular complexity index is 511. The summed E-state index contributed by atoms with van der Waals surface area (Å²) >= 11 is 5.69. The van der Waals surface area contributed by atoms with Crippen molar-refractivity contribution in [2.75, 3.05) is 11.9 Å². The van der Waals surface area contributed by atoms with E-state index < -0.39 is 0 Å². The third kappa shape index (κ3) is 2.99. The van der Waals surface area contributed by atoms with Crippen molar-refractivity contribution in [3.63, 3.8) is 0 Å². The predicted octanol–water partition coefficient (Wildman–Crippen LogP) is 3.16. The van der Waals surface area contributed by atoms with Crippen molar-refractivity contribution in [3.05, 3.63) is 53.5 Å². The molecule has 0 aliphatic carbocycles. The van der Waals surface area contributed by atoms with Crippen LogP contribution >= 0.6 is 11.6 Å². The molecule has 0 fully saturated rings. The van der Waals surface area contributed by atoms with E-state index in [9.17, 15) is 0 Å². The van der Waals surface area contributed by atoms with Crippen LogP contribution in [0.4, 0.5) is 5.82 Å². The van der Waals surface area contributed by atoms with E-state index in [-0.39, 0.29) is 0 Å². The van der Waals surface area contributed by atoms with Gasteiger partial charge in [0.05, 0.1) is 24.0 Å². The largest absolute Gasteiger partial charge is 0.354 e. The predicted molar refractivity (Wildman–Crippen MR) is 74.9 cm³/mol. The van der Waals surface area contributed by atoms with E-state index in [4.69, 9.17) is 11.6 Å². The Kier molecular flexibility index (Phi) is 4.15. The van der Waals surface area contributed by atoms with Crippen molar-refractivity contribution in [3.8, 4) is 0 Å². The van der Waals surface area contributed by atoms with Gasteiger partial charge in [-0.1, -0.05) is 24.3 Å². The highest BCUT2D eigenvalue weighted by Crippen LogP contribution is 2.14. The van der Waals surface area contributed by atoms with Gasteiger partial charge >= 0.3 is 0 Å². The first-order valence-corrected chi connectivity index (χ1v) is 6.36. The molecule has 0 saturated heterocycles. The maximum Gasteiger partial charge on any atom is 0.147 e. The van der Waals surface area contributed by atoms with Crippen molar-refractivity contribution in [2.45, 2.75) is 19.3 Å². The van der Waals surface area contributed by atoms with Crippen LogP contribution in [0.15, 0.2) is 36.7 Å². The highest BCUT2D eigenvalue weighted by molar-refractivity contribution is 6.16. The van der Waals surface area contributed by atoms with Gasteiger partial charge in [-0.25, -0.2) is 4.98 Å². The summed E-state index contributed by atoms with van der Waals surface area (Å²) in [6.45, 7) is 2.94. The second-order valence-corrected chi connectivity index (χ2v) is 4.55. The van der Waals surface area contributed by atoms with Crippen LogP contribution in [0.5, 0.6) is 0 Å². The third-order valence-electron chi connectivity index (χ3n) is 2.89. The van der Waals surface area contributed by atoms with Crippen molar-refractivity contribution < 1.29 is 0 Å². The van der Waals surface area contributed by atoms with Crippen LogP contribution in [-0.2, 0) is 12.4 Å². The lowest BCUT2D eigenvalue weighted by Crippen LogP contribution is -2.18. The number of benzene rings is 1. The number of aryl methyl sites for hydroxylation is 1. The zero-order chi connectivity index (χ0) is 13.0. The average Bonchev–Trinajstić information content (AvgIpc) is 2.41. The van der Waals surface area contributed by atoms with Gasteiger partial charge in [0.1, 0.15) is 5.82 Å². The van der Waals surface area contributed by atoms with E-state index in [2.05, 4.69) is 40.0 Å². The number of alkyl halides is 1.